The normalized spacial score (nSPS) is 21.3. The van der Waals surface area contributed by atoms with Gasteiger partial charge in [-0.15, -0.1) is 0 Å². The maximum atomic E-state index is 14.2. The highest BCUT2D eigenvalue weighted by molar-refractivity contribution is 7.91. The molecule has 1 saturated carbocycles. The van der Waals surface area contributed by atoms with Gasteiger partial charge in [-0.2, -0.15) is 0 Å². The van der Waals surface area contributed by atoms with E-state index in [2.05, 4.69) is 37.2 Å². The minimum atomic E-state index is -3.91. The molecule has 7 rings (SSSR count). The molecule has 2 aliphatic heterocycles. The van der Waals surface area contributed by atoms with Gasteiger partial charge in [-0.1, -0.05) is 65.5 Å². The smallest absolute Gasteiger partial charge is 0.407 e. The van der Waals surface area contributed by atoms with Crippen molar-refractivity contribution in [3.05, 3.63) is 46.8 Å². The molecule has 1 aromatic heterocycles. The summed E-state index contributed by atoms with van der Waals surface area (Å²) in [4.78, 5) is 76.5. The van der Waals surface area contributed by atoms with Crippen LogP contribution in [0.1, 0.15) is 73.6 Å². The molecule has 2 fully saturated rings. The number of carbonyl (C=O) groups is 4. The second kappa shape index (κ2) is 16.0. The summed E-state index contributed by atoms with van der Waals surface area (Å²) < 4.78 is 49.9. The molecule has 18 heteroatoms. The van der Waals surface area contributed by atoms with Gasteiger partial charge in [0.15, 0.2) is 17.0 Å². The summed E-state index contributed by atoms with van der Waals surface area (Å²) in [5.74, 6) is 4.43. The number of hydrogen-bond donors (Lipinski definition) is 4. The van der Waals surface area contributed by atoms with Gasteiger partial charge in [0.2, 0.25) is 28.6 Å². The summed E-state index contributed by atoms with van der Waals surface area (Å²) in [5, 5.41) is 4.78. The van der Waals surface area contributed by atoms with Crippen LogP contribution in [0.3, 0.4) is 0 Å². The van der Waals surface area contributed by atoms with E-state index in [9.17, 15) is 32.4 Å². The highest BCUT2D eigenvalue weighted by atomic mass is 32.2. The maximum absolute atomic E-state index is 14.2. The molecule has 3 heterocycles. The molecule has 3 aromatic rings. The van der Waals surface area contributed by atoms with Crippen molar-refractivity contribution in [2.45, 2.75) is 96.5 Å². The van der Waals surface area contributed by atoms with Crippen LogP contribution in [0.2, 0.25) is 0 Å². The fraction of sp³-hybridized carbons (Fsp3) is 0.524. The number of H-pyrrole nitrogens is 1. The number of rotatable bonds is 14. The average molecular weight is 847 g/mol. The Kier molecular flexibility index (Phi) is 11.3. The maximum Gasteiger partial charge on any atom is 0.407 e. The average Bonchev–Trinajstić information content (AvgIpc) is 3.77. The van der Waals surface area contributed by atoms with Crippen molar-refractivity contribution in [2.75, 3.05) is 26.6 Å². The molecule has 2 aromatic carbocycles. The third kappa shape index (κ3) is 8.72. The van der Waals surface area contributed by atoms with Crippen molar-refractivity contribution >= 4 is 44.9 Å². The van der Waals surface area contributed by atoms with Crippen molar-refractivity contribution < 1.29 is 46.5 Å². The number of nitrogens with one attached hydrogen (secondary N) is 4. The van der Waals surface area contributed by atoms with Crippen LogP contribution in [0, 0.1) is 28.6 Å². The van der Waals surface area contributed by atoms with Gasteiger partial charge < -0.3 is 39.5 Å². The molecule has 4 N–H and O–H groups in total. The van der Waals surface area contributed by atoms with Gasteiger partial charge in [-0.25, -0.2) is 22.9 Å². The molecule has 2 aliphatic carbocycles. The van der Waals surface area contributed by atoms with Crippen LogP contribution in [0.25, 0.3) is 22.3 Å². The Bertz CT molecular complexity index is 2460. The predicted molar refractivity (Wildman–Crippen MR) is 218 cm³/mol. The SMILES string of the molecule is CCC1C#C[C@]1(NC(=O)[C@@H]1CCCN1C(=O)[C@@H](NC(=O)OCC(C)(C)COc1cccc(-c2nc3cc4c(cc3[nH]c2=O)OCO4)c1)C(C)(C)C)C(=O)NS(=O)(=O)C1CC1. The van der Waals surface area contributed by atoms with E-state index in [0.29, 0.717) is 65.9 Å². The number of sulfonamides is 1. The van der Waals surface area contributed by atoms with E-state index in [4.69, 9.17) is 18.9 Å². The summed E-state index contributed by atoms with van der Waals surface area (Å²) in [6, 6.07) is 8.22. The van der Waals surface area contributed by atoms with Crippen LogP contribution < -0.4 is 35.1 Å². The Hall–Kier alpha value is -5.83. The van der Waals surface area contributed by atoms with Crippen molar-refractivity contribution in [1.29, 1.82) is 0 Å². The standard InChI is InChI=1S/C42H50N6O11S/c1-7-25-15-16-42(25,38(52)47-60(54,55)27-13-14-27)46-35(49)30-12-9-17-48(30)37(51)34(40(2,3)4)45-39(53)57-22-41(5,6)21-56-26-11-8-10-24(18-26)33-36(50)44-29-20-32-31(58-23-59-32)19-28(29)43-33/h8,10-11,18-20,25,27,30,34H,7,9,12-14,17,21-23H2,1-6H3,(H,44,50)(H,45,53)(H,46,49)(H,47,52)/t25?,30-,34+,42+/m0/s1. The molecule has 4 atom stereocenters. The largest absolute Gasteiger partial charge is 0.493 e. The molecule has 1 unspecified atom stereocenters. The van der Waals surface area contributed by atoms with Crippen LogP contribution >= 0.6 is 0 Å². The zero-order valence-electron chi connectivity index (χ0n) is 34.4. The van der Waals surface area contributed by atoms with Gasteiger partial charge >= 0.3 is 6.09 Å². The monoisotopic (exact) mass is 846 g/mol. The number of amides is 4. The number of nitrogens with zero attached hydrogens (tertiary/aromatic N) is 2. The lowest BCUT2D eigenvalue weighted by Gasteiger charge is -2.40. The van der Waals surface area contributed by atoms with E-state index in [1.807, 2.05) is 13.8 Å². The molecular weight excluding hydrogens is 797 g/mol. The summed E-state index contributed by atoms with van der Waals surface area (Å²) in [7, 11) is -3.91. The van der Waals surface area contributed by atoms with Gasteiger partial charge in [0.05, 0.1) is 28.8 Å². The minimum Gasteiger partial charge on any atom is -0.493 e. The number of aromatic amines is 1. The van der Waals surface area contributed by atoms with E-state index < -0.39 is 79.0 Å². The first-order valence-electron chi connectivity index (χ1n) is 20.0. The third-order valence-corrected chi connectivity index (χ3v) is 12.8. The van der Waals surface area contributed by atoms with Crippen LogP contribution in [0.4, 0.5) is 4.79 Å². The van der Waals surface area contributed by atoms with Crippen LogP contribution in [0.5, 0.6) is 17.2 Å². The topological polar surface area (TPSA) is 224 Å². The highest BCUT2D eigenvalue weighted by Crippen LogP contribution is 2.36. The zero-order valence-corrected chi connectivity index (χ0v) is 35.2. The fourth-order valence-electron chi connectivity index (χ4n) is 7.33. The summed E-state index contributed by atoms with van der Waals surface area (Å²) in [5.41, 5.74) is -1.88. The molecule has 320 valence electrons. The van der Waals surface area contributed by atoms with Gasteiger partial charge in [-0.05, 0) is 49.7 Å². The quantitative estimate of drug-likeness (QED) is 0.172. The number of alkyl carbamates (subject to hydrolysis) is 1. The lowest BCUT2D eigenvalue weighted by molar-refractivity contribution is -0.143. The second-order valence-electron chi connectivity index (χ2n) is 17.5. The van der Waals surface area contributed by atoms with E-state index in [1.54, 1.807) is 64.1 Å². The Balaban J connectivity index is 0.958. The molecule has 0 spiro atoms. The molecule has 4 aliphatic rings. The molecule has 4 amide bonds. The Morgan fingerprint density at radius 1 is 1.05 bits per heavy atom. The van der Waals surface area contributed by atoms with E-state index >= 15 is 0 Å². The van der Waals surface area contributed by atoms with Crippen LogP contribution in [-0.4, -0.2) is 96.5 Å². The number of fused-ring (bicyclic) bond motifs is 2. The lowest BCUT2D eigenvalue weighted by atomic mass is 9.74. The van der Waals surface area contributed by atoms with Gasteiger partial charge in [0.1, 0.15) is 30.1 Å². The highest BCUT2D eigenvalue weighted by Gasteiger charge is 2.53. The second-order valence-corrected chi connectivity index (χ2v) is 19.5. The first-order chi connectivity index (χ1) is 28.3. The molecule has 0 bridgehead atoms. The number of carbonyl (C=O) groups excluding carboxylic acids is 4. The summed E-state index contributed by atoms with van der Waals surface area (Å²) in [6.07, 6.45) is 1.23. The Labute approximate surface area is 347 Å². The minimum absolute atomic E-state index is 0.0828. The zero-order chi connectivity index (χ0) is 43.2. The van der Waals surface area contributed by atoms with Crippen molar-refractivity contribution in [1.82, 2.24) is 30.2 Å². The van der Waals surface area contributed by atoms with Gasteiger partial charge in [0.25, 0.3) is 11.5 Å². The molecule has 1 saturated heterocycles. The summed E-state index contributed by atoms with van der Waals surface area (Å²) in [6.45, 7) is 11.1. The summed E-state index contributed by atoms with van der Waals surface area (Å²) >= 11 is 0. The van der Waals surface area contributed by atoms with Crippen LogP contribution in [-0.2, 0) is 29.1 Å². The Morgan fingerprint density at radius 3 is 2.45 bits per heavy atom. The van der Waals surface area contributed by atoms with Crippen molar-refractivity contribution in [3.63, 3.8) is 0 Å². The number of hydrogen-bond acceptors (Lipinski definition) is 12. The first-order valence-corrected chi connectivity index (χ1v) is 21.6. The molecule has 0 radical (unpaired) electrons. The number of likely N-dealkylation sites (tertiary alicyclic amines) is 1. The van der Waals surface area contributed by atoms with Crippen LogP contribution in [0.15, 0.2) is 41.2 Å². The van der Waals surface area contributed by atoms with Gasteiger partial charge in [0, 0.05) is 29.7 Å². The van der Waals surface area contributed by atoms with E-state index in [0.717, 1.165) is 0 Å². The predicted octanol–water partition coefficient (Wildman–Crippen LogP) is 3.36. The Morgan fingerprint density at radius 2 is 1.78 bits per heavy atom. The first kappa shape index (κ1) is 42.3. The number of benzene rings is 2. The molecule has 60 heavy (non-hydrogen) atoms. The van der Waals surface area contributed by atoms with E-state index in [-0.39, 0.29) is 32.2 Å². The van der Waals surface area contributed by atoms with Gasteiger partial charge in [-0.3, -0.25) is 19.2 Å². The fourth-order valence-corrected chi connectivity index (χ4v) is 8.67. The van der Waals surface area contributed by atoms with Crippen molar-refractivity contribution in [3.8, 4) is 40.3 Å². The molecular formula is C42H50N6O11S. The number of ether oxygens (including phenoxy) is 4. The lowest BCUT2D eigenvalue weighted by Crippen LogP contribution is -2.68. The molecule has 17 nitrogen and oxygen atoms in total. The number of aromatic nitrogens is 2. The van der Waals surface area contributed by atoms with E-state index in [1.165, 1.54) is 4.90 Å². The third-order valence-electron chi connectivity index (χ3n) is 11.0. The van der Waals surface area contributed by atoms with Crippen molar-refractivity contribution in [2.24, 2.45) is 16.7 Å².